The van der Waals surface area contributed by atoms with Gasteiger partial charge in [-0.1, -0.05) is 44.2 Å². The van der Waals surface area contributed by atoms with E-state index in [1.807, 2.05) is 18.2 Å². The number of carbonyl (C=O) groups is 1. The molecule has 1 fully saturated rings. The van der Waals surface area contributed by atoms with E-state index in [-0.39, 0.29) is 11.3 Å². The Kier molecular flexibility index (Phi) is 2.75. The summed E-state index contributed by atoms with van der Waals surface area (Å²) in [6.07, 6.45) is 1.76. The van der Waals surface area contributed by atoms with Crippen LogP contribution < -0.4 is 0 Å². The van der Waals surface area contributed by atoms with Crippen molar-refractivity contribution in [2.45, 2.75) is 32.1 Å². The average Bonchev–Trinajstić information content (AvgIpc) is 2.94. The summed E-state index contributed by atoms with van der Waals surface area (Å²) in [6.45, 7) is 4.31. The van der Waals surface area contributed by atoms with Crippen molar-refractivity contribution in [3.05, 3.63) is 35.9 Å². The summed E-state index contributed by atoms with van der Waals surface area (Å²) < 4.78 is 0. The molecule has 0 saturated heterocycles. The van der Waals surface area contributed by atoms with Crippen molar-refractivity contribution in [3.63, 3.8) is 0 Å². The standard InChI is InChI=1S/C14H18O2/c1-10(2)8-14(9-12(14)13(15)16)11-6-4-3-5-7-11/h3-7,10,12H,8-9H2,1-2H3,(H,15,16). The lowest BCUT2D eigenvalue weighted by atomic mass is 9.85. The molecule has 2 unspecified atom stereocenters. The Hall–Kier alpha value is -1.31. The highest BCUT2D eigenvalue weighted by atomic mass is 16.4. The summed E-state index contributed by atoms with van der Waals surface area (Å²) >= 11 is 0. The van der Waals surface area contributed by atoms with Crippen molar-refractivity contribution in [2.75, 3.05) is 0 Å². The van der Waals surface area contributed by atoms with Crippen LogP contribution in [0, 0.1) is 11.8 Å². The van der Waals surface area contributed by atoms with E-state index in [4.69, 9.17) is 5.11 Å². The molecule has 16 heavy (non-hydrogen) atoms. The molecule has 1 aliphatic carbocycles. The third-order valence-corrected chi connectivity index (χ3v) is 3.49. The number of hydrogen-bond donors (Lipinski definition) is 1. The maximum atomic E-state index is 11.1. The minimum atomic E-state index is -0.649. The summed E-state index contributed by atoms with van der Waals surface area (Å²) in [7, 11) is 0. The SMILES string of the molecule is CC(C)CC1(c2ccccc2)CC1C(=O)O. The van der Waals surface area contributed by atoms with Crippen LogP contribution >= 0.6 is 0 Å². The Morgan fingerprint density at radius 3 is 2.50 bits per heavy atom. The van der Waals surface area contributed by atoms with Crippen LogP contribution in [-0.4, -0.2) is 11.1 Å². The first-order chi connectivity index (χ1) is 7.56. The number of carboxylic acids is 1. The molecule has 1 saturated carbocycles. The predicted molar refractivity (Wildman–Crippen MR) is 63.3 cm³/mol. The molecule has 0 aromatic heterocycles. The molecule has 1 aromatic carbocycles. The maximum absolute atomic E-state index is 11.1. The van der Waals surface area contributed by atoms with E-state index in [9.17, 15) is 4.79 Å². The van der Waals surface area contributed by atoms with Crippen LogP contribution in [0.3, 0.4) is 0 Å². The fourth-order valence-corrected chi connectivity index (χ4v) is 2.79. The van der Waals surface area contributed by atoms with Gasteiger partial charge in [-0.2, -0.15) is 0 Å². The van der Waals surface area contributed by atoms with Gasteiger partial charge in [-0.15, -0.1) is 0 Å². The van der Waals surface area contributed by atoms with E-state index in [1.54, 1.807) is 0 Å². The van der Waals surface area contributed by atoms with Gasteiger partial charge in [0.15, 0.2) is 0 Å². The first-order valence-corrected chi connectivity index (χ1v) is 5.84. The first kappa shape index (κ1) is 11.2. The van der Waals surface area contributed by atoms with E-state index in [1.165, 1.54) is 5.56 Å². The molecular formula is C14H18O2. The molecule has 2 rings (SSSR count). The highest BCUT2D eigenvalue weighted by molar-refractivity contribution is 5.77. The van der Waals surface area contributed by atoms with Gasteiger partial charge in [0.2, 0.25) is 0 Å². The summed E-state index contributed by atoms with van der Waals surface area (Å²) in [5, 5.41) is 9.16. The van der Waals surface area contributed by atoms with Crippen LogP contribution in [-0.2, 0) is 10.2 Å². The zero-order chi connectivity index (χ0) is 11.8. The van der Waals surface area contributed by atoms with E-state index >= 15 is 0 Å². The molecule has 1 aromatic rings. The molecule has 2 nitrogen and oxygen atoms in total. The van der Waals surface area contributed by atoms with E-state index in [2.05, 4.69) is 26.0 Å². The van der Waals surface area contributed by atoms with Crippen molar-refractivity contribution >= 4 is 5.97 Å². The van der Waals surface area contributed by atoms with Gasteiger partial charge in [-0.25, -0.2) is 0 Å². The van der Waals surface area contributed by atoms with Crippen LogP contribution in [0.5, 0.6) is 0 Å². The summed E-state index contributed by atoms with van der Waals surface area (Å²) in [5.74, 6) is -0.300. The minimum absolute atomic E-state index is 0.0960. The van der Waals surface area contributed by atoms with Crippen LogP contribution in [0.25, 0.3) is 0 Å². The monoisotopic (exact) mass is 218 g/mol. The molecule has 0 aliphatic heterocycles. The lowest BCUT2D eigenvalue weighted by Crippen LogP contribution is -2.17. The zero-order valence-electron chi connectivity index (χ0n) is 9.81. The van der Waals surface area contributed by atoms with Gasteiger partial charge >= 0.3 is 5.97 Å². The summed E-state index contributed by atoms with van der Waals surface area (Å²) in [5.41, 5.74) is 1.09. The first-order valence-electron chi connectivity index (χ1n) is 5.84. The third-order valence-electron chi connectivity index (χ3n) is 3.49. The molecule has 1 aliphatic rings. The molecule has 0 bridgehead atoms. The van der Waals surface area contributed by atoms with Crippen molar-refractivity contribution in [1.82, 2.24) is 0 Å². The Bertz CT molecular complexity index is 383. The molecule has 1 N–H and O–H groups in total. The van der Waals surface area contributed by atoms with Gasteiger partial charge in [-0.3, -0.25) is 4.79 Å². The number of carboxylic acid groups (broad SMARTS) is 1. The molecule has 0 heterocycles. The molecule has 0 amide bonds. The number of aliphatic carboxylic acids is 1. The second kappa shape index (κ2) is 3.93. The topological polar surface area (TPSA) is 37.3 Å². The van der Waals surface area contributed by atoms with E-state index in [0.717, 1.165) is 12.8 Å². The Labute approximate surface area is 96.3 Å². The molecular weight excluding hydrogens is 200 g/mol. The smallest absolute Gasteiger partial charge is 0.307 e. The Morgan fingerprint density at radius 1 is 1.44 bits per heavy atom. The molecule has 2 atom stereocenters. The predicted octanol–water partition coefficient (Wildman–Crippen LogP) is 3.08. The summed E-state index contributed by atoms with van der Waals surface area (Å²) in [6, 6.07) is 10.1. The van der Waals surface area contributed by atoms with Gasteiger partial charge < -0.3 is 5.11 Å². The Balaban J connectivity index is 2.28. The van der Waals surface area contributed by atoms with Gasteiger partial charge in [0.05, 0.1) is 5.92 Å². The van der Waals surface area contributed by atoms with E-state index < -0.39 is 5.97 Å². The number of benzene rings is 1. The third kappa shape index (κ3) is 1.84. The van der Waals surface area contributed by atoms with Crippen molar-refractivity contribution in [3.8, 4) is 0 Å². The quantitative estimate of drug-likeness (QED) is 0.843. The lowest BCUT2D eigenvalue weighted by Gasteiger charge is -2.19. The molecule has 86 valence electrons. The fourth-order valence-electron chi connectivity index (χ4n) is 2.79. The van der Waals surface area contributed by atoms with Gasteiger partial charge in [0.25, 0.3) is 0 Å². The van der Waals surface area contributed by atoms with E-state index in [0.29, 0.717) is 5.92 Å². The second-order valence-electron chi connectivity index (χ2n) is 5.22. The molecule has 0 radical (unpaired) electrons. The Morgan fingerprint density at radius 2 is 2.06 bits per heavy atom. The van der Waals surface area contributed by atoms with Crippen LogP contribution in [0.1, 0.15) is 32.3 Å². The van der Waals surface area contributed by atoms with Crippen molar-refractivity contribution < 1.29 is 9.90 Å². The average molecular weight is 218 g/mol. The number of rotatable bonds is 4. The second-order valence-corrected chi connectivity index (χ2v) is 5.22. The van der Waals surface area contributed by atoms with Gasteiger partial charge in [0, 0.05) is 5.41 Å². The summed E-state index contributed by atoms with van der Waals surface area (Å²) in [4.78, 5) is 11.1. The van der Waals surface area contributed by atoms with Gasteiger partial charge in [-0.05, 0) is 24.3 Å². The normalized spacial score (nSPS) is 28.1. The van der Waals surface area contributed by atoms with Crippen LogP contribution in [0.4, 0.5) is 0 Å². The largest absolute Gasteiger partial charge is 0.481 e. The molecule has 2 heteroatoms. The fraction of sp³-hybridized carbons (Fsp3) is 0.500. The van der Waals surface area contributed by atoms with Gasteiger partial charge in [0.1, 0.15) is 0 Å². The zero-order valence-corrected chi connectivity index (χ0v) is 9.81. The number of hydrogen-bond acceptors (Lipinski definition) is 1. The minimum Gasteiger partial charge on any atom is -0.481 e. The highest BCUT2D eigenvalue weighted by Gasteiger charge is 2.59. The molecule has 0 spiro atoms. The van der Waals surface area contributed by atoms with Crippen LogP contribution in [0.2, 0.25) is 0 Å². The van der Waals surface area contributed by atoms with Crippen molar-refractivity contribution in [2.24, 2.45) is 11.8 Å². The maximum Gasteiger partial charge on any atom is 0.307 e. The highest BCUT2D eigenvalue weighted by Crippen LogP contribution is 2.58. The lowest BCUT2D eigenvalue weighted by molar-refractivity contribution is -0.139. The van der Waals surface area contributed by atoms with Crippen LogP contribution in [0.15, 0.2) is 30.3 Å². The van der Waals surface area contributed by atoms with Crippen molar-refractivity contribution in [1.29, 1.82) is 0 Å².